The molecule has 2 aliphatic rings. The van der Waals surface area contributed by atoms with E-state index in [9.17, 15) is 4.39 Å². The van der Waals surface area contributed by atoms with Crippen LogP contribution in [0.2, 0.25) is 0 Å². The Morgan fingerprint density at radius 2 is 2.00 bits per heavy atom. The summed E-state index contributed by atoms with van der Waals surface area (Å²) in [6.07, 6.45) is 1.09. The molecule has 20 heavy (non-hydrogen) atoms. The van der Waals surface area contributed by atoms with Crippen molar-refractivity contribution >= 4 is 27.3 Å². The van der Waals surface area contributed by atoms with Crippen LogP contribution in [0.5, 0.6) is 0 Å². The van der Waals surface area contributed by atoms with Gasteiger partial charge in [0.1, 0.15) is 5.82 Å². The minimum absolute atomic E-state index is 0.260. The molecule has 2 fully saturated rings. The highest BCUT2D eigenvalue weighted by atomic mass is 79.9. The highest BCUT2D eigenvalue weighted by molar-refractivity contribution is 9.10. The molecular weight excluding hydrogens is 325 g/mol. The van der Waals surface area contributed by atoms with Crippen LogP contribution in [-0.2, 0) is 4.74 Å². The van der Waals surface area contributed by atoms with Crippen molar-refractivity contribution in [3.05, 3.63) is 22.4 Å². The SMILES string of the molecule is Nc1cc(Br)c(F)cc1N1CCC(N2CCOCC2)C1. The van der Waals surface area contributed by atoms with Gasteiger partial charge < -0.3 is 15.4 Å². The number of nitrogen functional groups attached to an aromatic ring is 1. The second kappa shape index (κ2) is 5.87. The Morgan fingerprint density at radius 3 is 2.75 bits per heavy atom. The van der Waals surface area contributed by atoms with Gasteiger partial charge in [0.05, 0.1) is 29.1 Å². The first kappa shape index (κ1) is 14.1. The van der Waals surface area contributed by atoms with E-state index in [2.05, 4.69) is 25.7 Å². The summed E-state index contributed by atoms with van der Waals surface area (Å²) >= 11 is 3.17. The summed E-state index contributed by atoms with van der Waals surface area (Å²) in [5, 5.41) is 0. The largest absolute Gasteiger partial charge is 0.397 e. The van der Waals surface area contributed by atoms with Gasteiger partial charge in [0, 0.05) is 38.3 Å². The molecule has 2 N–H and O–H groups in total. The Labute approximate surface area is 126 Å². The zero-order chi connectivity index (χ0) is 14.1. The number of nitrogens with zero attached hydrogens (tertiary/aromatic N) is 2. The van der Waals surface area contributed by atoms with E-state index in [0.717, 1.165) is 51.5 Å². The van der Waals surface area contributed by atoms with Gasteiger partial charge >= 0.3 is 0 Å². The van der Waals surface area contributed by atoms with Gasteiger partial charge in [-0.3, -0.25) is 4.90 Å². The zero-order valence-electron chi connectivity index (χ0n) is 11.3. The molecule has 0 radical (unpaired) electrons. The molecule has 2 aliphatic heterocycles. The van der Waals surface area contributed by atoms with Crippen molar-refractivity contribution in [1.82, 2.24) is 4.90 Å². The Kier molecular flexibility index (Phi) is 4.14. The zero-order valence-corrected chi connectivity index (χ0v) is 12.9. The number of benzene rings is 1. The van der Waals surface area contributed by atoms with Gasteiger partial charge in [-0.25, -0.2) is 4.39 Å². The highest BCUT2D eigenvalue weighted by Gasteiger charge is 2.29. The maximum Gasteiger partial charge on any atom is 0.139 e. The van der Waals surface area contributed by atoms with Crippen LogP contribution in [0.1, 0.15) is 6.42 Å². The smallest absolute Gasteiger partial charge is 0.139 e. The van der Waals surface area contributed by atoms with E-state index in [1.54, 1.807) is 6.07 Å². The molecule has 6 heteroatoms. The first-order valence-electron chi connectivity index (χ1n) is 6.96. The second-order valence-corrected chi connectivity index (χ2v) is 6.22. The molecule has 110 valence electrons. The van der Waals surface area contributed by atoms with Gasteiger partial charge in [-0.15, -0.1) is 0 Å². The number of nitrogens with two attached hydrogens (primary N) is 1. The Bertz CT molecular complexity index is 494. The van der Waals surface area contributed by atoms with E-state index in [1.165, 1.54) is 6.07 Å². The predicted octanol–water partition coefficient (Wildman–Crippen LogP) is 2.08. The quantitative estimate of drug-likeness (QED) is 0.835. The molecule has 3 rings (SSSR count). The topological polar surface area (TPSA) is 41.7 Å². The third-order valence-corrected chi connectivity index (χ3v) is 4.74. The first-order chi connectivity index (χ1) is 9.65. The number of rotatable bonds is 2. The van der Waals surface area contributed by atoms with Crippen LogP contribution < -0.4 is 10.6 Å². The third-order valence-electron chi connectivity index (χ3n) is 4.14. The number of halogens is 2. The standard InChI is InChI=1S/C14H19BrFN3O/c15-11-7-13(17)14(8-12(11)16)19-2-1-10(9-19)18-3-5-20-6-4-18/h7-8,10H,1-6,9,17H2. The van der Waals surface area contributed by atoms with E-state index >= 15 is 0 Å². The predicted molar refractivity (Wildman–Crippen MR) is 81.5 cm³/mol. The summed E-state index contributed by atoms with van der Waals surface area (Å²) < 4.78 is 19.5. The summed E-state index contributed by atoms with van der Waals surface area (Å²) in [5.74, 6) is -0.260. The first-order valence-corrected chi connectivity index (χ1v) is 7.75. The molecule has 2 heterocycles. The fraction of sp³-hybridized carbons (Fsp3) is 0.571. The van der Waals surface area contributed by atoms with Crippen molar-refractivity contribution in [3.8, 4) is 0 Å². The van der Waals surface area contributed by atoms with Crippen molar-refractivity contribution in [3.63, 3.8) is 0 Å². The average molecular weight is 344 g/mol. The summed E-state index contributed by atoms with van der Waals surface area (Å²) in [4.78, 5) is 4.65. The molecule has 0 amide bonds. The van der Waals surface area contributed by atoms with Gasteiger partial charge in [0.15, 0.2) is 0 Å². The van der Waals surface area contributed by atoms with Crippen molar-refractivity contribution in [2.24, 2.45) is 0 Å². The second-order valence-electron chi connectivity index (χ2n) is 5.36. The molecule has 0 aromatic heterocycles. The highest BCUT2D eigenvalue weighted by Crippen LogP contribution is 2.32. The molecule has 1 aromatic rings. The van der Waals surface area contributed by atoms with Crippen molar-refractivity contribution in [2.75, 3.05) is 50.0 Å². The maximum absolute atomic E-state index is 13.7. The number of ether oxygens (including phenoxy) is 1. The van der Waals surface area contributed by atoms with E-state index in [-0.39, 0.29) is 5.82 Å². The van der Waals surface area contributed by atoms with Gasteiger partial charge in [-0.2, -0.15) is 0 Å². The average Bonchev–Trinajstić information content (AvgIpc) is 2.93. The minimum atomic E-state index is -0.260. The van der Waals surface area contributed by atoms with Crippen LogP contribution >= 0.6 is 15.9 Å². The van der Waals surface area contributed by atoms with E-state index in [0.29, 0.717) is 16.2 Å². The van der Waals surface area contributed by atoms with E-state index in [4.69, 9.17) is 10.5 Å². The van der Waals surface area contributed by atoms with Crippen LogP contribution in [0.15, 0.2) is 16.6 Å². The number of anilines is 2. The Hall–Kier alpha value is -0.850. The van der Waals surface area contributed by atoms with Crippen LogP contribution in [0, 0.1) is 5.82 Å². The summed E-state index contributed by atoms with van der Waals surface area (Å²) in [6, 6.07) is 3.69. The van der Waals surface area contributed by atoms with Gasteiger partial charge in [-0.05, 0) is 28.4 Å². The van der Waals surface area contributed by atoms with Crippen LogP contribution in [0.3, 0.4) is 0 Å². The fourth-order valence-electron chi connectivity index (χ4n) is 3.03. The van der Waals surface area contributed by atoms with Crippen molar-refractivity contribution < 1.29 is 9.13 Å². The molecule has 1 unspecified atom stereocenters. The summed E-state index contributed by atoms with van der Waals surface area (Å²) in [6.45, 7) is 5.43. The lowest BCUT2D eigenvalue weighted by Gasteiger charge is -2.32. The van der Waals surface area contributed by atoms with Gasteiger partial charge in [-0.1, -0.05) is 0 Å². The van der Waals surface area contributed by atoms with Crippen LogP contribution in [-0.4, -0.2) is 50.3 Å². The lowest BCUT2D eigenvalue weighted by atomic mass is 10.2. The molecule has 0 spiro atoms. The van der Waals surface area contributed by atoms with E-state index in [1.807, 2.05) is 0 Å². The molecule has 1 aromatic carbocycles. The number of hydrogen-bond acceptors (Lipinski definition) is 4. The van der Waals surface area contributed by atoms with Crippen LogP contribution in [0.4, 0.5) is 15.8 Å². The molecule has 1 atom stereocenters. The molecule has 0 saturated carbocycles. The van der Waals surface area contributed by atoms with Crippen molar-refractivity contribution in [2.45, 2.75) is 12.5 Å². The monoisotopic (exact) mass is 343 g/mol. The van der Waals surface area contributed by atoms with Gasteiger partial charge in [0.2, 0.25) is 0 Å². The fourth-order valence-corrected chi connectivity index (χ4v) is 3.39. The lowest BCUT2D eigenvalue weighted by molar-refractivity contribution is 0.0209. The van der Waals surface area contributed by atoms with Gasteiger partial charge in [0.25, 0.3) is 0 Å². The normalized spacial score (nSPS) is 24.3. The molecule has 0 bridgehead atoms. The number of hydrogen-bond donors (Lipinski definition) is 1. The minimum Gasteiger partial charge on any atom is -0.397 e. The molecule has 2 saturated heterocycles. The molecule has 4 nitrogen and oxygen atoms in total. The third kappa shape index (κ3) is 2.77. The Balaban J connectivity index is 1.72. The lowest BCUT2D eigenvalue weighted by Crippen LogP contribution is -2.44. The van der Waals surface area contributed by atoms with Crippen LogP contribution in [0.25, 0.3) is 0 Å². The van der Waals surface area contributed by atoms with E-state index < -0.39 is 0 Å². The summed E-state index contributed by atoms with van der Waals surface area (Å²) in [7, 11) is 0. The summed E-state index contributed by atoms with van der Waals surface area (Å²) in [5.41, 5.74) is 7.45. The Morgan fingerprint density at radius 1 is 1.25 bits per heavy atom. The molecular formula is C14H19BrFN3O. The van der Waals surface area contributed by atoms with Crippen molar-refractivity contribution in [1.29, 1.82) is 0 Å². The number of morpholine rings is 1. The maximum atomic E-state index is 13.7. The molecule has 0 aliphatic carbocycles.